The number of aliphatic hydroxyl groups is 1. The number of carbonyl (C=O) groups is 1. The van der Waals surface area contributed by atoms with Crippen LogP contribution in [0.15, 0.2) is 18.2 Å². The van der Waals surface area contributed by atoms with E-state index in [0.717, 1.165) is 5.69 Å². The van der Waals surface area contributed by atoms with Gasteiger partial charge in [0.25, 0.3) is 0 Å². The lowest BCUT2D eigenvalue weighted by Gasteiger charge is -2.15. The van der Waals surface area contributed by atoms with Gasteiger partial charge >= 0.3 is 0 Å². The van der Waals surface area contributed by atoms with Crippen LogP contribution in [0.3, 0.4) is 0 Å². The number of nitrogens with zero attached hydrogens (tertiary/aromatic N) is 1. The van der Waals surface area contributed by atoms with E-state index < -0.39 is 0 Å². The van der Waals surface area contributed by atoms with E-state index in [1.165, 1.54) is 0 Å². The van der Waals surface area contributed by atoms with Gasteiger partial charge < -0.3 is 15.3 Å². The fourth-order valence-corrected chi connectivity index (χ4v) is 1.76. The fraction of sp³-hybridized carbons (Fsp3) is 0.417. The van der Waals surface area contributed by atoms with E-state index >= 15 is 0 Å². The fourth-order valence-electron chi connectivity index (χ4n) is 1.41. The molecule has 94 valence electrons. The van der Waals surface area contributed by atoms with Gasteiger partial charge in [0.05, 0.1) is 10.7 Å². The summed E-state index contributed by atoms with van der Waals surface area (Å²) >= 11 is 6.08. The average Bonchev–Trinajstić information content (AvgIpc) is 2.26. The van der Waals surface area contributed by atoms with Crippen LogP contribution in [-0.2, 0) is 4.79 Å². The summed E-state index contributed by atoms with van der Waals surface area (Å²) in [5.74, 6) is -0.118. The highest BCUT2D eigenvalue weighted by Gasteiger charge is 2.06. The standard InChI is InChI=1S/C12H17ClN2O2/c1-15(2)11-6-5-9(8-10(11)13)14-12(17)4-3-7-16/h5-6,8,16H,3-4,7H2,1-2H3,(H,14,17). The van der Waals surface area contributed by atoms with Gasteiger partial charge in [0, 0.05) is 32.8 Å². The van der Waals surface area contributed by atoms with E-state index in [2.05, 4.69) is 5.32 Å². The molecule has 2 N–H and O–H groups in total. The summed E-state index contributed by atoms with van der Waals surface area (Å²) in [5.41, 5.74) is 1.57. The summed E-state index contributed by atoms with van der Waals surface area (Å²) in [4.78, 5) is 13.3. The van der Waals surface area contributed by atoms with Gasteiger partial charge in [-0.05, 0) is 24.6 Å². The van der Waals surface area contributed by atoms with Crippen LogP contribution in [0.5, 0.6) is 0 Å². The minimum Gasteiger partial charge on any atom is -0.396 e. The zero-order valence-electron chi connectivity index (χ0n) is 10.0. The van der Waals surface area contributed by atoms with Crippen LogP contribution in [0.25, 0.3) is 0 Å². The van der Waals surface area contributed by atoms with E-state index in [4.69, 9.17) is 16.7 Å². The molecule has 0 aromatic heterocycles. The molecular weight excluding hydrogens is 240 g/mol. The Bertz CT molecular complexity index is 394. The van der Waals surface area contributed by atoms with Crippen LogP contribution < -0.4 is 10.2 Å². The second-order valence-electron chi connectivity index (χ2n) is 3.94. The first-order chi connectivity index (χ1) is 8.04. The predicted octanol–water partition coefficient (Wildman–Crippen LogP) is 2.12. The minimum absolute atomic E-state index is 0.0216. The number of amides is 1. The number of aliphatic hydroxyl groups excluding tert-OH is 1. The van der Waals surface area contributed by atoms with Crippen molar-refractivity contribution in [3.8, 4) is 0 Å². The van der Waals surface area contributed by atoms with Crippen molar-refractivity contribution in [3.63, 3.8) is 0 Å². The van der Waals surface area contributed by atoms with Crippen molar-refractivity contribution in [1.82, 2.24) is 0 Å². The molecule has 0 saturated carbocycles. The quantitative estimate of drug-likeness (QED) is 0.849. The smallest absolute Gasteiger partial charge is 0.224 e. The normalized spacial score (nSPS) is 10.1. The number of benzene rings is 1. The number of anilines is 2. The van der Waals surface area contributed by atoms with Gasteiger partial charge in [-0.15, -0.1) is 0 Å². The average molecular weight is 257 g/mol. The highest BCUT2D eigenvalue weighted by molar-refractivity contribution is 6.33. The molecule has 0 aliphatic rings. The molecule has 1 rings (SSSR count). The van der Waals surface area contributed by atoms with E-state index in [9.17, 15) is 4.79 Å². The summed E-state index contributed by atoms with van der Waals surface area (Å²) in [5, 5.41) is 11.9. The lowest BCUT2D eigenvalue weighted by atomic mass is 10.2. The van der Waals surface area contributed by atoms with Crippen molar-refractivity contribution in [2.75, 3.05) is 30.9 Å². The lowest BCUT2D eigenvalue weighted by molar-refractivity contribution is -0.116. The Labute approximate surface area is 106 Å². The van der Waals surface area contributed by atoms with Crippen molar-refractivity contribution >= 4 is 28.9 Å². The zero-order valence-corrected chi connectivity index (χ0v) is 10.8. The van der Waals surface area contributed by atoms with Gasteiger partial charge in [0.1, 0.15) is 0 Å². The second-order valence-corrected chi connectivity index (χ2v) is 4.34. The Morgan fingerprint density at radius 1 is 1.47 bits per heavy atom. The van der Waals surface area contributed by atoms with E-state index in [0.29, 0.717) is 23.6 Å². The maximum atomic E-state index is 11.4. The minimum atomic E-state index is -0.118. The Morgan fingerprint density at radius 3 is 2.71 bits per heavy atom. The molecule has 0 unspecified atom stereocenters. The highest BCUT2D eigenvalue weighted by Crippen LogP contribution is 2.27. The van der Waals surface area contributed by atoms with Crippen molar-refractivity contribution < 1.29 is 9.90 Å². The number of halogens is 1. The maximum Gasteiger partial charge on any atom is 0.224 e. The molecule has 0 radical (unpaired) electrons. The van der Waals surface area contributed by atoms with Crippen molar-refractivity contribution in [2.45, 2.75) is 12.8 Å². The molecule has 0 saturated heterocycles. The Balaban J connectivity index is 2.67. The van der Waals surface area contributed by atoms with Crippen molar-refractivity contribution in [2.24, 2.45) is 0 Å². The molecule has 0 bridgehead atoms. The van der Waals surface area contributed by atoms with Gasteiger partial charge in [0.2, 0.25) is 5.91 Å². The number of nitrogens with one attached hydrogen (secondary N) is 1. The molecule has 1 amide bonds. The topological polar surface area (TPSA) is 52.6 Å². The van der Waals surface area contributed by atoms with Gasteiger partial charge in [-0.1, -0.05) is 11.6 Å². The molecule has 0 aliphatic carbocycles. The van der Waals surface area contributed by atoms with Crippen LogP contribution in [0.2, 0.25) is 5.02 Å². The van der Waals surface area contributed by atoms with Gasteiger partial charge in [0.15, 0.2) is 0 Å². The molecule has 17 heavy (non-hydrogen) atoms. The second kappa shape index (κ2) is 6.47. The molecule has 0 aliphatic heterocycles. The van der Waals surface area contributed by atoms with Gasteiger partial charge in [-0.25, -0.2) is 0 Å². The third kappa shape index (κ3) is 4.24. The van der Waals surface area contributed by atoms with Crippen LogP contribution in [0.4, 0.5) is 11.4 Å². The third-order valence-corrected chi connectivity index (χ3v) is 2.58. The van der Waals surface area contributed by atoms with Crippen molar-refractivity contribution in [3.05, 3.63) is 23.2 Å². The third-order valence-electron chi connectivity index (χ3n) is 2.28. The first-order valence-electron chi connectivity index (χ1n) is 5.42. The van der Waals surface area contributed by atoms with Crippen LogP contribution >= 0.6 is 11.6 Å². The van der Waals surface area contributed by atoms with Crippen LogP contribution in [-0.4, -0.2) is 31.7 Å². The molecule has 0 fully saturated rings. The van der Waals surface area contributed by atoms with Gasteiger partial charge in [-0.3, -0.25) is 4.79 Å². The highest BCUT2D eigenvalue weighted by atomic mass is 35.5. The largest absolute Gasteiger partial charge is 0.396 e. The number of carbonyl (C=O) groups excluding carboxylic acids is 1. The first kappa shape index (κ1) is 13.8. The van der Waals surface area contributed by atoms with E-state index in [-0.39, 0.29) is 12.5 Å². The van der Waals surface area contributed by atoms with Gasteiger partial charge in [-0.2, -0.15) is 0 Å². The molecule has 1 aromatic carbocycles. The summed E-state index contributed by atoms with van der Waals surface area (Å²) in [7, 11) is 3.81. The molecule has 0 heterocycles. The van der Waals surface area contributed by atoms with Crippen LogP contribution in [0.1, 0.15) is 12.8 Å². The monoisotopic (exact) mass is 256 g/mol. The number of hydrogen-bond acceptors (Lipinski definition) is 3. The van der Waals surface area contributed by atoms with E-state index in [1.54, 1.807) is 12.1 Å². The molecule has 0 atom stereocenters. The summed E-state index contributed by atoms with van der Waals surface area (Å²) in [6.07, 6.45) is 0.777. The summed E-state index contributed by atoms with van der Waals surface area (Å²) in [6, 6.07) is 5.37. The predicted molar refractivity (Wildman–Crippen MR) is 70.7 cm³/mol. The van der Waals surface area contributed by atoms with Crippen molar-refractivity contribution in [1.29, 1.82) is 0 Å². The maximum absolute atomic E-state index is 11.4. The Morgan fingerprint density at radius 2 is 2.18 bits per heavy atom. The zero-order chi connectivity index (χ0) is 12.8. The molecule has 1 aromatic rings. The number of rotatable bonds is 5. The SMILES string of the molecule is CN(C)c1ccc(NC(=O)CCCO)cc1Cl. The molecule has 0 spiro atoms. The first-order valence-corrected chi connectivity index (χ1v) is 5.80. The molecular formula is C12H17ClN2O2. The number of hydrogen-bond donors (Lipinski definition) is 2. The molecule has 5 heteroatoms. The molecule has 4 nitrogen and oxygen atoms in total. The van der Waals surface area contributed by atoms with E-state index in [1.807, 2.05) is 25.1 Å². The lowest BCUT2D eigenvalue weighted by Crippen LogP contribution is -2.13. The Hall–Kier alpha value is -1.26. The van der Waals surface area contributed by atoms with Crippen LogP contribution in [0, 0.1) is 0 Å². The Kier molecular flexibility index (Phi) is 5.25. The summed E-state index contributed by atoms with van der Waals surface area (Å²) < 4.78 is 0. The summed E-state index contributed by atoms with van der Waals surface area (Å²) in [6.45, 7) is 0.0216.